The molecule has 0 spiro atoms. The van der Waals surface area contributed by atoms with Crippen LogP contribution in [0.4, 0.5) is 0 Å². The van der Waals surface area contributed by atoms with Crippen molar-refractivity contribution in [3.8, 4) is 5.75 Å². The maximum atomic E-state index is 11.1. The molecule has 0 aromatic heterocycles. The highest BCUT2D eigenvalue weighted by Crippen LogP contribution is 2.37. The minimum absolute atomic E-state index is 0.0761. The zero-order valence-electron chi connectivity index (χ0n) is 21.5. The molecule has 0 radical (unpaired) electrons. The molecule has 1 heterocycles. The second-order valence-corrected chi connectivity index (χ2v) is 10.7. The van der Waals surface area contributed by atoms with E-state index in [2.05, 4.69) is 77.8 Å². The number of benzene rings is 3. The summed E-state index contributed by atoms with van der Waals surface area (Å²) in [5.41, 5.74) is 6.25. The highest BCUT2D eigenvalue weighted by molar-refractivity contribution is 7.99. The van der Waals surface area contributed by atoms with Gasteiger partial charge in [-0.25, -0.2) is 4.79 Å². The van der Waals surface area contributed by atoms with Crippen LogP contribution in [0.3, 0.4) is 0 Å². The Morgan fingerprint density at radius 1 is 0.974 bits per heavy atom. The summed E-state index contributed by atoms with van der Waals surface area (Å²) >= 11 is 1.75. The summed E-state index contributed by atoms with van der Waals surface area (Å²) in [6, 6.07) is 28.8. The van der Waals surface area contributed by atoms with E-state index in [-0.39, 0.29) is 5.92 Å². The Kier molecular flexibility index (Phi) is 8.29. The zero-order valence-corrected chi connectivity index (χ0v) is 22.3. The maximum Gasteiger partial charge on any atom is 0.344 e. The van der Waals surface area contributed by atoms with Crippen LogP contribution in [-0.2, 0) is 4.79 Å². The van der Waals surface area contributed by atoms with Gasteiger partial charge < -0.3 is 9.84 Å². The SMILES string of the molecule is CC(Oc1cccc(SCCCN2N=C(C(c3ccccc3)c3ccccc3)C=CC2=C2CC2)c1)C(=O)O. The van der Waals surface area contributed by atoms with E-state index in [1.807, 2.05) is 18.2 Å². The number of rotatable bonds is 11. The Balaban J connectivity index is 1.28. The standard InChI is InChI=1S/C32H32N2O3S/c1-23(32(35)36)37-27-14-8-15-28(22-27)38-21-9-20-34-30(24-16-17-24)19-18-29(33-34)31(25-10-4-2-5-11-25)26-12-6-3-7-13-26/h2-8,10-15,18-19,22-23,31H,9,16-17,20-21H2,1H3,(H,35,36). The van der Waals surface area contributed by atoms with Gasteiger partial charge in [0.05, 0.1) is 17.3 Å². The summed E-state index contributed by atoms with van der Waals surface area (Å²) in [7, 11) is 0. The number of allylic oxidation sites excluding steroid dienone is 3. The fourth-order valence-electron chi connectivity index (χ4n) is 4.54. The molecule has 1 N–H and O–H groups in total. The number of ether oxygens (including phenoxy) is 1. The molecule has 1 atom stereocenters. The van der Waals surface area contributed by atoms with Gasteiger partial charge in [-0.05, 0) is 79.0 Å². The second kappa shape index (κ2) is 12.2. The van der Waals surface area contributed by atoms with Crippen molar-refractivity contribution in [2.75, 3.05) is 12.3 Å². The molecule has 1 aliphatic heterocycles. The predicted octanol–water partition coefficient (Wildman–Crippen LogP) is 7.13. The zero-order chi connectivity index (χ0) is 26.3. The fourth-order valence-corrected chi connectivity index (χ4v) is 5.42. The van der Waals surface area contributed by atoms with Crippen molar-refractivity contribution >= 4 is 23.4 Å². The summed E-state index contributed by atoms with van der Waals surface area (Å²) in [6.07, 6.45) is 6.83. The predicted molar refractivity (Wildman–Crippen MR) is 154 cm³/mol. The summed E-state index contributed by atoms with van der Waals surface area (Å²) in [5, 5.41) is 16.5. The lowest BCUT2D eigenvalue weighted by Gasteiger charge is -2.28. The molecule has 194 valence electrons. The van der Waals surface area contributed by atoms with E-state index in [1.165, 1.54) is 29.3 Å². The first-order valence-electron chi connectivity index (χ1n) is 13.1. The van der Waals surface area contributed by atoms with Gasteiger partial charge in [-0.2, -0.15) is 5.10 Å². The van der Waals surface area contributed by atoms with Gasteiger partial charge in [0.25, 0.3) is 0 Å². The molecule has 6 heteroatoms. The summed E-state index contributed by atoms with van der Waals surface area (Å²) in [6.45, 7) is 2.37. The van der Waals surface area contributed by atoms with Crippen LogP contribution in [0.1, 0.15) is 43.2 Å². The maximum absolute atomic E-state index is 11.1. The molecule has 1 saturated carbocycles. The van der Waals surface area contributed by atoms with E-state index in [4.69, 9.17) is 14.9 Å². The van der Waals surface area contributed by atoms with Gasteiger partial charge in [0.15, 0.2) is 6.10 Å². The highest BCUT2D eigenvalue weighted by atomic mass is 32.2. The molecule has 1 unspecified atom stereocenters. The lowest BCUT2D eigenvalue weighted by atomic mass is 9.86. The van der Waals surface area contributed by atoms with Gasteiger partial charge in [0.1, 0.15) is 5.75 Å². The number of nitrogens with zero attached hydrogens (tertiary/aromatic N) is 2. The Morgan fingerprint density at radius 2 is 1.66 bits per heavy atom. The smallest absolute Gasteiger partial charge is 0.344 e. The molecule has 3 aromatic carbocycles. The molecule has 1 fully saturated rings. The Labute approximate surface area is 228 Å². The van der Waals surface area contributed by atoms with Crippen LogP contribution >= 0.6 is 11.8 Å². The molecule has 38 heavy (non-hydrogen) atoms. The van der Waals surface area contributed by atoms with Crippen molar-refractivity contribution in [1.29, 1.82) is 0 Å². The molecular weight excluding hydrogens is 492 g/mol. The van der Waals surface area contributed by atoms with Crippen molar-refractivity contribution in [2.45, 2.75) is 43.1 Å². The van der Waals surface area contributed by atoms with Crippen molar-refractivity contribution in [3.63, 3.8) is 0 Å². The summed E-state index contributed by atoms with van der Waals surface area (Å²) in [4.78, 5) is 12.2. The van der Waals surface area contributed by atoms with E-state index < -0.39 is 12.1 Å². The molecular formula is C32H32N2O3S. The number of carboxylic acid groups (broad SMARTS) is 1. The number of hydrazone groups is 1. The third-order valence-electron chi connectivity index (χ3n) is 6.60. The van der Waals surface area contributed by atoms with E-state index in [0.717, 1.165) is 42.2 Å². The largest absolute Gasteiger partial charge is 0.479 e. The minimum Gasteiger partial charge on any atom is -0.479 e. The second-order valence-electron chi connectivity index (χ2n) is 9.50. The number of thioether (sulfide) groups is 1. The van der Waals surface area contributed by atoms with Gasteiger partial charge in [0.2, 0.25) is 0 Å². The van der Waals surface area contributed by atoms with Crippen LogP contribution in [0.15, 0.2) is 118 Å². The summed E-state index contributed by atoms with van der Waals surface area (Å²) in [5.74, 6) is 0.605. The first-order chi connectivity index (χ1) is 18.6. The number of carbonyl (C=O) groups is 1. The Hall–Kier alpha value is -3.77. The van der Waals surface area contributed by atoms with Gasteiger partial charge in [-0.15, -0.1) is 11.8 Å². The number of hydrogen-bond donors (Lipinski definition) is 1. The first-order valence-corrected chi connectivity index (χ1v) is 14.1. The third-order valence-corrected chi connectivity index (χ3v) is 7.68. The molecule has 3 aromatic rings. The van der Waals surface area contributed by atoms with E-state index in [1.54, 1.807) is 17.8 Å². The van der Waals surface area contributed by atoms with Crippen LogP contribution in [0.2, 0.25) is 0 Å². The van der Waals surface area contributed by atoms with Crippen LogP contribution in [0.25, 0.3) is 0 Å². The van der Waals surface area contributed by atoms with E-state index >= 15 is 0 Å². The minimum atomic E-state index is -0.971. The van der Waals surface area contributed by atoms with Gasteiger partial charge in [0, 0.05) is 11.4 Å². The molecule has 0 bridgehead atoms. The van der Waals surface area contributed by atoms with Crippen molar-refractivity contribution < 1.29 is 14.6 Å². The average Bonchev–Trinajstić information content (AvgIpc) is 3.78. The van der Waals surface area contributed by atoms with Gasteiger partial charge in [-0.3, -0.25) is 5.01 Å². The first kappa shape index (κ1) is 25.9. The Bertz CT molecular complexity index is 1310. The van der Waals surface area contributed by atoms with Crippen molar-refractivity contribution in [3.05, 3.63) is 119 Å². The molecule has 1 aliphatic carbocycles. The van der Waals surface area contributed by atoms with E-state index in [9.17, 15) is 4.79 Å². The summed E-state index contributed by atoms with van der Waals surface area (Å²) < 4.78 is 5.52. The monoisotopic (exact) mass is 524 g/mol. The normalized spacial score (nSPS) is 15.4. The Morgan fingerprint density at radius 3 is 2.29 bits per heavy atom. The number of hydrogen-bond acceptors (Lipinski definition) is 5. The van der Waals surface area contributed by atoms with Gasteiger partial charge in [-0.1, -0.05) is 66.7 Å². The molecule has 0 amide bonds. The highest BCUT2D eigenvalue weighted by Gasteiger charge is 2.26. The van der Waals surface area contributed by atoms with Crippen LogP contribution in [0.5, 0.6) is 5.75 Å². The lowest BCUT2D eigenvalue weighted by molar-refractivity contribution is -0.144. The number of carboxylic acids is 1. The van der Waals surface area contributed by atoms with Crippen LogP contribution in [-0.4, -0.2) is 40.2 Å². The third kappa shape index (κ3) is 6.56. The number of aliphatic carboxylic acids is 1. The van der Waals surface area contributed by atoms with Gasteiger partial charge >= 0.3 is 5.97 Å². The lowest BCUT2D eigenvalue weighted by Crippen LogP contribution is -2.26. The van der Waals surface area contributed by atoms with Crippen molar-refractivity contribution in [2.24, 2.45) is 5.10 Å². The molecule has 2 aliphatic rings. The quantitative estimate of drug-likeness (QED) is 0.214. The average molecular weight is 525 g/mol. The molecule has 5 nitrogen and oxygen atoms in total. The van der Waals surface area contributed by atoms with E-state index in [0.29, 0.717) is 5.75 Å². The van der Waals surface area contributed by atoms with Crippen molar-refractivity contribution in [1.82, 2.24) is 5.01 Å². The molecule has 0 saturated heterocycles. The van der Waals surface area contributed by atoms with Crippen LogP contribution < -0.4 is 4.74 Å². The fraction of sp³-hybridized carbons (Fsp3) is 0.250. The molecule has 5 rings (SSSR count). The van der Waals surface area contributed by atoms with Crippen LogP contribution in [0, 0.1) is 0 Å². The topological polar surface area (TPSA) is 62.1 Å².